The molecule has 0 aliphatic carbocycles. The minimum absolute atomic E-state index is 0.0316. The Bertz CT molecular complexity index is 1140. The molecule has 1 N–H and O–H groups in total. The molecule has 0 spiro atoms. The smallest absolute Gasteiger partial charge is 0.226 e. The van der Waals surface area contributed by atoms with Gasteiger partial charge >= 0.3 is 0 Å². The standard InChI is InChI=1S/C21H23N5OS/c1-12(2)26-20-16(11-22-26)13(3)15(14(4)23-20)9-10-19(27)25-21-24-17-7-5-6-8-18(17)28-21/h5-8,11-12H,9-10H2,1-4H3,(H,24,25,27). The number of pyridine rings is 1. The number of anilines is 1. The largest absolute Gasteiger partial charge is 0.302 e. The number of nitrogens with one attached hydrogen (secondary N) is 1. The van der Waals surface area contributed by atoms with Gasteiger partial charge in [0.1, 0.15) is 0 Å². The normalized spacial score (nSPS) is 11.6. The van der Waals surface area contributed by atoms with Gasteiger partial charge in [0, 0.05) is 23.5 Å². The van der Waals surface area contributed by atoms with Gasteiger partial charge in [0.05, 0.1) is 16.4 Å². The number of rotatable bonds is 5. The summed E-state index contributed by atoms with van der Waals surface area (Å²) in [5.74, 6) is -0.0316. The molecule has 0 saturated heterocycles. The third-order valence-electron chi connectivity index (χ3n) is 4.97. The van der Waals surface area contributed by atoms with Crippen LogP contribution in [0.2, 0.25) is 0 Å². The molecule has 1 amide bonds. The van der Waals surface area contributed by atoms with E-state index >= 15 is 0 Å². The number of aromatic nitrogens is 4. The number of para-hydroxylation sites is 1. The highest BCUT2D eigenvalue weighted by Gasteiger charge is 2.16. The van der Waals surface area contributed by atoms with Gasteiger partial charge in [0.15, 0.2) is 10.8 Å². The average molecular weight is 394 g/mol. The number of carbonyl (C=O) groups excluding carboxylic acids is 1. The Morgan fingerprint density at radius 2 is 2.00 bits per heavy atom. The summed E-state index contributed by atoms with van der Waals surface area (Å²) >= 11 is 1.49. The molecule has 144 valence electrons. The monoisotopic (exact) mass is 393 g/mol. The van der Waals surface area contributed by atoms with E-state index < -0.39 is 0 Å². The van der Waals surface area contributed by atoms with Crippen molar-refractivity contribution < 1.29 is 4.79 Å². The molecule has 0 bridgehead atoms. The lowest BCUT2D eigenvalue weighted by Gasteiger charge is -2.12. The lowest BCUT2D eigenvalue weighted by atomic mass is 10.0. The quantitative estimate of drug-likeness (QED) is 0.528. The van der Waals surface area contributed by atoms with E-state index in [9.17, 15) is 4.79 Å². The summed E-state index contributed by atoms with van der Waals surface area (Å²) in [6, 6.07) is 8.14. The van der Waals surface area contributed by atoms with Crippen LogP contribution in [0.4, 0.5) is 5.13 Å². The van der Waals surface area contributed by atoms with E-state index in [2.05, 4.69) is 36.2 Å². The average Bonchev–Trinajstić information content (AvgIpc) is 3.24. The van der Waals surface area contributed by atoms with Crippen LogP contribution in [-0.2, 0) is 11.2 Å². The number of nitrogens with zero attached hydrogens (tertiary/aromatic N) is 4. The second-order valence-electron chi connectivity index (χ2n) is 7.26. The molecule has 6 nitrogen and oxygen atoms in total. The predicted octanol–water partition coefficient (Wildman–Crippen LogP) is 4.81. The third-order valence-corrected chi connectivity index (χ3v) is 5.92. The van der Waals surface area contributed by atoms with Crippen molar-refractivity contribution >= 4 is 43.6 Å². The minimum Gasteiger partial charge on any atom is -0.302 e. The van der Waals surface area contributed by atoms with Crippen LogP contribution in [-0.4, -0.2) is 25.7 Å². The molecule has 4 rings (SSSR count). The van der Waals surface area contributed by atoms with Crippen molar-refractivity contribution in [1.82, 2.24) is 19.7 Å². The number of amides is 1. The first-order valence-corrected chi connectivity index (χ1v) is 10.2. The van der Waals surface area contributed by atoms with Gasteiger partial charge in [-0.3, -0.25) is 4.79 Å². The zero-order chi connectivity index (χ0) is 19.8. The number of fused-ring (bicyclic) bond motifs is 2. The van der Waals surface area contributed by atoms with Gasteiger partial charge in [-0.05, 0) is 57.4 Å². The third kappa shape index (κ3) is 3.38. The Hall–Kier alpha value is -2.80. The molecule has 0 fully saturated rings. The lowest BCUT2D eigenvalue weighted by molar-refractivity contribution is -0.116. The molecule has 1 aromatic carbocycles. The van der Waals surface area contributed by atoms with Gasteiger partial charge in [-0.2, -0.15) is 5.10 Å². The van der Waals surface area contributed by atoms with E-state index in [0.29, 0.717) is 18.0 Å². The van der Waals surface area contributed by atoms with E-state index in [1.165, 1.54) is 11.3 Å². The van der Waals surface area contributed by atoms with Crippen LogP contribution in [0.3, 0.4) is 0 Å². The van der Waals surface area contributed by atoms with Crippen molar-refractivity contribution in [2.75, 3.05) is 5.32 Å². The highest BCUT2D eigenvalue weighted by atomic mass is 32.1. The fourth-order valence-corrected chi connectivity index (χ4v) is 4.37. The van der Waals surface area contributed by atoms with Crippen LogP contribution in [0.15, 0.2) is 30.5 Å². The van der Waals surface area contributed by atoms with Crippen LogP contribution in [0.1, 0.15) is 43.1 Å². The molecule has 4 aromatic rings. The van der Waals surface area contributed by atoms with Crippen molar-refractivity contribution in [3.05, 3.63) is 47.3 Å². The molecule has 3 aromatic heterocycles. The maximum absolute atomic E-state index is 12.5. The van der Waals surface area contributed by atoms with Crippen LogP contribution < -0.4 is 5.32 Å². The van der Waals surface area contributed by atoms with Gasteiger partial charge in [0.2, 0.25) is 5.91 Å². The summed E-state index contributed by atoms with van der Waals surface area (Å²) in [5.41, 5.74) is 5.05. The van der Waals surface area contributed by atoms with Crippen LogP contribution in [0.5, 0.6) is 0 Å². The molecule has 0 radical (unpaired) electrons. The highest BCUT2D eigenvalue weighted by molar-refractivity contribution is 7.22. The van der Waals surface area contributed by atoms with Crippen LogP contribution in [0.25, 0.3) is 21.3 Å². The molecule has 0 atom stereocenters. The van der Waals surface area contributed by atoms with E-state index in [1.807, 2.05) is 42.1 Å². The summed E-state index contributed by atoms with van der Waals surface area (Å²) in [7, 11) is 0. The van der Waals surface area contributed by atoms with Crippen molar-refractivity contribution in [2.24, 2.45) is 0 Å². The van der Waals surface area contributed by atoms with Crippen LogP contribution in [0, 0.1) is 13.8 Å². The lowest BCUT2D eigenvalue weighted by Crippen LogP contribution is -2.13. The number of thiazole rings is 1. The second-order valence-corrected chi connectivity index (χ2v) is 8.29. The number of hydrogen-bond acceptors (Lipinski definition) is 5. The fraction of sp³-hybridized carbons (Fsp3) is 0.333. The molecular weight excluding hydrogens is 370 g/mol. The first-order chi connectivity index (χ1) is 13.4. The Morgan fingerprint density at radius 1 is 1.21 bits per heavy atom. The van der Waals surface area contributed by atoms with Crippen molar-refractivity contribution in [3.63, 3.8) is 0 Å². The Morgan fingerprint density at radius 3 is 2.75 bits per heavy atom. The minimum atomic E-state index is -0.0316. The first-order valence-electron chi connectivity index (χ1n) is 9.42. The Labute approximate surface area is 167 Å². The Balaban J connectivity index is 1.51. The molecule has 28 heavy (non-hydrogen) atoms. The van der Waals surface area contributed by atoms with E-state index in [4.69, 9.17) is 4.98 Å². The summed E-state index contributed by atoms with van der Waals surface area (Å²) < 4.78 is 3.01. The molecule has 0 aliphatic rings. The van der Waals surface area contributed by atoms with E-state index in [-0.39, 0.29) is 11.9 Å². The number of carbonyl (C=O) groups is 1. The summed E-state index contributed by atoms with van der Waals surface area (Å²) in [6.07, 6.45) is 2.91. The maximum Gasteiger partial charge on any atom is 0.226 e. The first kappa shape index (κ1) is 18.6. The Kier molecular flexibility index (Phi) is 4.85. The fourth-order valence-electron chi connectivity index (χ4n) is 3.48. The zero-order valence-corrected chi connectivity index (χ0v) is 17.3. The molecule has 0 unspecified atom stereocenters. The van der Waals surface area contributed by atoms with Gasteiger partial charge in [0.25, 0.3) is 0 Å². The number of aryl methyl sites for hydroxylation is 2. The SMILES string of the molecule is Cc1nc2c(cnn2C(C)C)c(C)c1CCC(=O)Nc1nc2ccccc2s1. The number of hydrogen-bond donors (Lipinski definition) is 1. The molecule has 7 heteroatoms. The molecule has 0 aliphatic heterocycles. The summed E-state index contributed by atoms with van der Waals surface area (Å²) in [4.78, 5) is 21.7. The van der Waals surface area contributed by atoms with Gasteiger partial charge < -0.3 is 5.32 Å². The van der Waals surface area contributed by atoms with E-state index in [1.54, 1.807) is 0 Å². The molecule has 0 saturated carbocycles. The van der Waals surface area contributed by atoms with Crippen molar-refractivity contribution in [1.29, 1.82) is 0 Å². The van der Waals surface area contributed by atoms with Crippen LogP contribution >= 0.6 is 11.3 Å². The summed E-state index contributed by atoms with van der Waals surface area (Å²) in [5, 5.41) is 9.11. The summed E-state index contributed by atoms with van der Waals surface area (Å²) in [6.45, 7) is 8.28. The van der Waals surface area contributed by atoms with Gasteiger partial charge in [-0.1, -0.05) is 23.5 Å². The molecular formula is C21H23N5OS. The van der Waals surface area contributed by atoms with Crippen molar-refractivity contribution in [3.8, 4) is 0 Å². The highest BCUT2D eigenvalue weighted by Crippen LogP contribution is 2.27. The van der Waals surface area contributed by atoms with Crippen molar-refractivity contribution in [2.45, 2.75) is 46.6 Å². The molecule has 3 heterocycles. The number of benzene rings is 1. The predicted molar refractivity (Wildman–Crippen MR) is 114 cm³/mol. The van der Waals surface area contributed by atoms with Gasteiger partial charge in [-0.15, -0.1) is 0 Å². The topological polar surface area (TPSA) is 72.7 Å². The second kappa shape index (κ2) is 7.31. The maximum atomic E-state index is 12.5. The van der Waals surface area contributed by atoms with E-state index in [0.717, 1.165) is 38.1 Å². The van der Waals surface area contributed by atoms with Gasteiger partial charge in [-0.25, -0.2) is 14.6 Å². The zero-order valence-electron chi connectivity index (χ0n) is 16.5.